The van der Waals surface area contributed by atoms with Crippen LogP contribution >= 0.6 is 11.8 Å². The average Bonchev–Trinajstić information content (AvgIpc) is 3.14. The Morgan fingerprint density at radius 3 is 2.86 bits per heavy atom. The second-order valence-corrected chi connectivity index (χ2v) is 9.13. The van der Waals surface area contributed by atoms with Crippen LogP contribution in [0.1, 0.15) is 45.6 Å². The van der Waals surface area contributed by atoms with Crippen molar-refractivity contribution >= 4 is 17.7 Å². The third-order valence-electron chi connectivity index (χ3n) is 5.57. The maximum Gasteiger partial charge on any atom is 0.316 e. The van der Waals surface area contributed by atoms with Crippen molar-refractivity contribution in [3.05, 3.63) is 23.8 Å². The smallest absolute Gasteiger partial charge is 0.316 e. The molecule has 2 aromatic rings. The van der Waals surface area contributed by atoms with Crippen LogP contribution < -0.4 is 4.74 Å². The Labute approximate surface area is 176 Å². The molecular weight excluding hydrogens is 388 g/mol. The van der Waals surface area contributed by atoms with Crippen LogP contribution in [0.3, 0.4) is 0 Å². The van der Waals surface area contributed by atoms with E-state index in [1.54, 1.807) is 11.8 Å². The van der Waals surface area contributed by atoms with E-state index in [-0.39, 0.29) is 17.8 Å². The van der Waals surface area contributed by atoms with E-state index in [0.29, 0.717) is 28.7 Å². The van der Waals surface area contributed by atoms with Gasteiger partial charge in [0.2, 0.25) is 5.16 Å². The number of methoxy groups -OCH3 is 1. The Bertz CT molecular complexity index is 839. The first-order valence-electron chi connectivity index (χ1n) is 10.1. The number of esters is 1. The van der Waals surface area contributed by atoms with Gasteiger partial charge in [-0.15, -0.1) is 5.10 Å². The summed E-state index contributed by atoms with van der Waals surface area (Å²) in [6.45, 7) is 8.64. The zero-order valence-electron chi connectivity index (χ0n) is 17.8. The standard InChI is InChI=1S/C21H30N4O3S/c1-13(2)16-8-6-15(4)11-19(16)28-20(26)12-29-21-22-23-24-25(21)17-10-14(3)7-9-18(17)27-5/h7,9-10,13,15-16,19H,6,8,11-12H2,1-5H3/t15-,16+,19+/m0/s1. The Hall–Kier alpha value is -2.09. The van der Waals surface area contributed by atoms with E-state index in [2.05, 4.69) is 36.3 Å². The fourth-order valence-corrected chi connectivity index (χ4v) is 4.63. The van der Waals surface area contributed by atoms with Gasteiger partial charge in [-0.25, -0.2) is 0 Å². The molecule has 158 valence electrons. The van der Waals surface area contributed by atoms with Crippen molar-refractivity contribution in [2.75, 3.05) is 12.9 Å². The molecule has 3 atom stereocenters. The summed E-state index contributed by atoms with van der Waals surface area (Å²) in [5, 5.41) is 12.5. The molecule has 0 bridgehead atoms. The van der Waals surface area contributed by atoms with E-state index < -0.39 is 0 Å². The molecule has 8 heteroatoms. The largest absolute Gasteiger partial charge is 0.494 e. The molecule has 0 radical (unpaired) electrons. The van der Waals surface area contributed by atoms with Crippen molar-refractivity contribution in [3.63, 3.8) is 0 Å². The fraction of sp³-hybridized carbons (Fsp3) is 0.619. The van der Waals surface area contributed by atoms with E-state index in [4.69, 9.17) is 9.47 Å². The number of aromatic nitrogens is 4. The SMILES string of the molecule is COc1ccc(C)cc1-n1nnnc1SCC(=O)O[C@@H]1C[C@@H](C)CC[C@@H]1C(C)C. The molecule has 0 aliphatic heterocycles. The molecule has 7 nitrogen and oxygen atoms in total. The Kier molecular flexibility index (Phi) is 7.16. The number of hydrogen-bond donors (Lipinski definition) is 0. The van der Waals surface area contributed by atoms with Crippen LogP contribution in [0, 0.1) is 24.7 Å². The molecule has 1 fully saturated rings. The van der Waals surface area contributed by atoms with E-state index in [1.165, 1.54) is 18.2 Å². The van der Waals surface area contributed by atoms with E-state index in [9.17, 15) is 4.79 Å². The highest BCUT2D eigenvalue weighted by Gasteiger charge is 2.33. The summed E-state index contributed by atoms with van der Waals surface area (Å²) in [5.41, 5.74) is 1.81. The summed E-state index contributed by atoms with van der Waals surface area (Å²) in [6.07, 6.45) is 3.27. The number of tetrazole rings is 1. The van der Waals surface area contributed by atoms with Crippen LogP contribution in [-0.4, -0.2) is 45.1 Å². The fourth-order valence-electron chi connectivity index (χ4n) is 3.96. The molecule has 1 aliphatic carbocycles. The second kappa shape index (κ2) is 9.61. The zero-order chi connectivity index (χ0) is 21.0. The molecule has 0 saturated heterocycles. The van der Waals surface area contributed by atoms with Gasteiger partial charge in [0.1, 0.15) is 17.5 Å². The highest BCUT2D eigenvalue weighted by Crippen LogP contribution is 2.35. The molecule has 1 aromatic carbocycles. The van der Waals surface area contributed by atoms with Crippen molar-refractivity contribution in [2.45, 2.75) is 58.2 Å². The molecule has 0 N–H and O–H groups in total. The van der Waals surface area contributed by atoms with Crippen LogP contribution in [0.25, 0.3) is 5.69 Å². The highest BCUT2D eigenvalue weighted by atomic mass is 32.2. The van der Waals surface area contributed by atoms with E-state index in [0.717, 1.165) is 24.1 Å². The molecule has 1 aliphatic rings. The number of carbonyl (C=O) groups excluding carboxylic acids is 1. The van der Waals surface area contributed by atoms with Crippen LogP contribution in [0.4, 0.5) is 0 Å². The lowest BCUT2D eigenvalue weighted by atomic mass is 9.75. The number of carbonyl (C=O) groups is 1. The number of thioether (sulfide) groups is 1. The first-order valence-corrected chi connectivity index (χ1v) is 11.1. The maximum atomic E-state index is 12.6. The first-order chi connectivity index (χ1) is 13.9. The number of rotatable bonds is 7. The average molecular weight is 419 g/mol. The van der Waals surface area contributed by atoms with Crippen molar-refractivity contribution in [3.8, 4) is 11.4 Å². The van der Waals surface area contributed by atoms with Crippen LogP contribution in [0.15, 0.2) is 23.4 Å². The minimum atomic E-state index is -0.217. The topological polar surface area (TPSA) is 79.1 Å². The van der Waals surface area contributed by atoms with Crippen molar-refractivity contribution in [1.29, 1.82) is 0 Å². The summed E-state index contributed by atoms with van der Waals surface area (Å²) in [7, 11) is 1.61. The van der Waals surface area contributed by atoms with Gasteiger partial charge in [-0.3, -0.25) is 4.79 Å². The maximum absolute atomic E-state index is 12.6. The van der Waals surface area contributed by atoms with E-state index in [1.807, 2.05) is 25.1 Å². The molecule has 0 amide bonds. The lowest BCUT2D eigenvalue weighted by Gasteiger charge is -2.36. The number of nitrogens with zero attached hydrogens (tertiary/aromatic N) is 4. The van der Waals surface area contributed by atoms with Crippen LogP contribution in [0.2, 0.25) is 0 Å². The molecule has 1 saturated carbocycles. The molecule has 3 rings (SSSR count). The van der Waals surface area contributed by atoms with Crippen LogP contribution in [-0.2, 0) is 9.53 Å². The molecule has 1 aromatic heterocycles. The predicted molar refractivity (Wildman–Crippen MR) is 112 cm³/mol. The minimum Gasteiger partial charge on any atom is -0.494 e. The van der Waals surface area contributed by atoms with Gasteiger partial charge in [-0.05, 0) is 65.6 Å². The van der Waals surface area contributed by atoms with Gasteiger partial charge < -0.3 is 9.47 Å². The van der Waals surface area contributed by atoms with Gasteiger partial charge in [-0.1, -0.05) is 45.0 Å². The summed E-state index contributed by atoms with van der Waals surface area (Å²) >= 11 is 1.28. The minimum absolute atomic E-state index is 0.000267. The highest BCUT2D eigenvalue weighted by molar-refractivity contribution is 7.99. The third-order valence-corrected chi connectivity index (χ3v) is 6.46. The monoisotopic (exact) mass is 418 g/mol. The van der Waals surface area contributed by atoms with Crippen LogP contribution in [0.5, 0.6) is 5.75 Å². The molecule has 1 heterocycles. The molecule has 0 unspecified atom stereocenters. The normalized spacial score (nSPS) is 21.9. The van der Waals surface area contributed by atoms with Crippen molar-refractivity contribution < 1.29 is 14.3 Å². The van der Waals surface area contributed by atoms with Crippen molar-refractivity contribution in [2.24, 2.45) is 17.8 Å². The summed E-state index contributed by atoms with van der Waals surface area (Å²) < 4.78 is 12.9. The summed E-state index contributed by atoms with van der Waals surface area (Å²) in [5.74, 6) is 2.16. The number of ether oxygens (including phenoxy) is 2. The number of benzene rings is 1. The Balaban J connectivity index is 1.66. The van der Waals surface area contributed by atoms with Gasteiger partial charge >= 0.3 is 5.97 Å². The zero-order valence-corrected chi connectivity index (χ0v) is 18.6. The molecule has 29 heavy (non-hydrogen) atoms. The van der Waals surface area contributed by atoms with Crippen molar-refractivity contribution in [1.82, 2.24) is 20.2 Å². The lowest BCUT2D eigenvalue weighted by Crippen LogP contribution is -2.36. The Morgan fingerprint density at radius 1 is 1.34 bits per heavy atom. The first kappa shape index (κ1) is 21.6. The third kappa shape index (κ3) is 5.29. The quantitative estimate of drug-likeness (QED) is 0.495. The number of aryl methyl sites for hydroxylation is 1. The van der Waals surface area contributed by atoms with Gasteiger partial charge in [0.25, 0.3) is 0 Å². The second-order valence-electron chi connectivity index (χ2n) is 8.19. The number of hydrogen-bond acceptors (Lipinski definition) is 7. The summed E-state index contributed by atoms with van der Waals surface area (Å²) in [6, 6.07) is 5.80. The molecular formula is C21H30N4O3S. The van der Waals surface area contributed by atoms with Gasteiger partial charge in [0.15, 0.2) is 0 Å². The van der Waals surface area contributed by atoms with Gasteiger partial charge in [-0.2, -0.15) is 4.68 Å². The van der Waals surface area contributed by atoms with Gasteiger partial charge in [0.05, 0.1) is 12.9 Å². The lowest BCUT2D eigenvalue weighted by molar-refractivity contribution is -0.152. The Morgan fingerprint density at radius 2 is 2.14 bits per heavy atom. The molecule has 0 spiro atoms. The van der Waals surface area contributed by atoms with Gasteiger partial charge in [0, 0.05) is 0 Å². The predicted octanol–water partition coefficient (Wildman–Crippen LogP) is 4.08. The summed E-state index contributed by atoms with van der Waals surface area (Å²) in [4.78, 5) is 12.6. The van der Waals surface area contributed by atoms with E-state index >= 15 is 0 Å².